The van der Waals surface area contributed by atoms with Crippen molar-refractivity contribution in [2.24, 2.45) is 5.73 Å². The van der Waals surface area contributed by atoms with Crippen LogP contribution in [0.2, 0.25) is 0 Å². The Kier molecular flexibility index (Phi) is 6.26. The zero-order valence-corrected chi connectivity index (χ0v) is 18.1. The van der Waals surface area contributed by atoms with Gasteiger partial charge in [0.15, 0.2) is 0 Å². The largest absolute Gasteiger partial charge is 0.472 e. The van der Waals surface area contributed by atoms with Crippen molar-refractivity contribution < 1.29 is 22.7 Å². The Morgan fingerprint density at radius 3 is 2.64 bits per heavy atom. The van der Waals surface area contributed by atoms with E-state index in [-0.39, 0.29) is 12.0 Å². The molecule has 0 bridgehead atoms. The van der Waals surface area contributed by atoms with Crippen LogP contribution in [0.1, 0.15) is 34.8 Å². The maximum atomic E-state index is 12.7. The first-order valence-electron chi connectivity index (χ1n) is 10.7. The second kappa shape index (κ2) is 9.13. The fraction of sp³-hybridized carbons (Fsp3) is 0.280. The molecule has 0 radical (unpaired) electrons. The Morgan fingerprint density at radius 1 is 1.18 bits per heavy atom. The van der Waals surface area contributed by atoms with Gasteiger partial charge in [-0.1, -0.05) is 37.3 Å². The van der Waals surface area contributed by atoms with E-state index >= 15 is 0 Å². The zero-order chi connectivity index (χ0) is 23.6. The maximum absolute atomic E-state index is 12.7. The lowest BCUT2D eigenvalue weighted by molar-refractivity contribution is -0.137. The Hall–Kier alpha value is -3.55. The molecule has 172 valence electrons. The number of aryl methyl sites for hydroxylation is 1. The molecule has 1 aliphatic heterocycles. The lowest BCUT2D eigenvalue weighted by Crippen LogP contribution is -2.27. The maximum Gasteiger partial charge on any atom is 0.417 e. The van der Waals surface area contributed by atoms with Crippen molar-refractivity contribution in [2.75, 3.05) is 18.0 Å². The number of halogens is 3. The quantitative estimate of drug-likeness (QED) is 0.563. The lowest BCUT2D eigenvalue weighted by atomic mass is 9.96. The van der Waals surface area contributed by atoms with E-state index in [4.69, 9.17) is 10.5 Å². The van der Waals surface area contributed by atoms with E-state index in [1.807, 2.05) is 41.3 Å². The highest BCUT2D eigenvalue weighted by molar-refractivity contribution is 6.00. The molecule has 2 heterocycles. The third-order valence-corrected chi connectivity index (χ3v) is 5.81. The molecule has 1 aromatic heterocycles. The summed E-state index contributed by atoms with van der Waals surface area (Å²) in [5.41, 5.74) is 9.19. The van der Waals surface area contributed by atoms with Gasteiger partial charge in [0, 0.05) is 30.9 Å². The van der Waals surface area contributed by atoms with Crippen LogP contribution in [0.25, 0.3) is 11.1 Å². The molecule has 1 atom stereocenters. The van der Waals surface area contributed by atoms with E-state index in [9.17, 15) is 18.0 Å². The van der Waals surface area contributed by atoms with Crippen molar-refractivity contribution in [1.82, 2.24) is 4.98 Å². The van der Waals surface area contributed by atoms with Gasteiger partial charge in [0.25, 0.3) is 5.91 Å². The number of primary amides is 1. The number of carbonyl (C=O) groups excluding carboxylic acids is 1. The van der Waals surface area contributed by atoms with Crippen molar-refractivity contribution in [3.8, 4) is 17.0 Å². The van der Waals surface area contributed by atoms with Gasteiger partial charge >= 0.3 is 6.18 Å². The van der Waals surface area contributed by atoms with E-state index in [0.29, 0.717) is 30.8 Å². The van der Waals surface area contributed by atoms with Crippen LogP contribution in [0.4, 0.5) is 18.9 Å². The van der Waals surface area contributed by atoms with Crippen LogP contribution in [0.3, 0.4) is 0 Å². The van der Waals surface area contributed by atoms with Gasteiger partial charge in [-0.05, 0) is 41.3 Å². The number of alkyl halides is 3. The number of pyridine rings is 1. The number of anilines is 1. The van der Waals surface area contributed by atoms with Gasteiger partial charge < -0.3 is 15.4 Å². The minimum Gasteiger partial charge on any atom is -0.472 e. The van der Waals surface area contributed by atoms with Gasteiger partial charge in [0.1, 0.15) is 6.10 Å². The summed E-state index contributed by atoms with van der Waals surface area (Å²) >= 11 is 0. The molecule has 4 rings (SSSR count). The number of aromatic nitrogens is 1. The van der Waals surface area contributed by atoms with Crippen molar-refractivity contribution in [3.63, 3.8) is 0 Å². The number of carbonyl (C=O) groups is 1. The van der Waals surface area contributed by atoms with E-state index in [0.717, 1.165) is 29.8 Å². The Labute approximate surface area is 190 Å². The Bertz CT molecular complexity index is 1150. The molecule has 1 fully saturated rings. The average Bonchev–Trinajstić information content (AvgIpc) is 3.26. The van der Waals surface area contributed by atoms with Gasteiger partial charge in [-0.25, -0.2) is 4.98 Å². The third kappa shape index (κ3) is 4.94. The highest BCUT2D eigenvalue weighted by Crippen LogP contribution is 2.33. The summed E-state index contributed by atoms with van der Waals surface area (Å²) in [6, 6.07) is 15.9. The molecule has 0 spiro atoms. The normalized spacial score (nSPS) is 16.1. The van der Waals surface area contributed by atoms with Crippen molar-refractivity contribution in [1.29, 1.82) is 0 Å². The number of amides is 1. The fourth-order valence-corrected chi connectivity index (χ4v) is 4.12. The first kappa shape index (κ1) is 22.6. The number of hydrogen-bond acceptors (Lipinski definition) is 4. The van der Waals surface area contributed by atoms with Gasteiger partial charge in [-0.3, -0.25) is 4.79 Å². The highest BCUT2D eigenvalue weighted by atomic mass is 19.4. The molecule has 33 heavy (non-hydrogen) atoms. The van der Waals surface area contributed by atoms with Crippen LogP contribution >= 0.6 is 0 Å². The standard InChI is InChI=1S/C25H24F3N3O2/c1-2-16-5-3-4-6-20(16)17-7-9-22(21(13-17)24(29)32)31-12-11-19(15-31)33-23-10-8-18(14-30-23)25(26,27)28/h3-10,13-14,19H,2,11-12,15H2,1H3,(H2,29,32)/t19-/m0/s1. The summed E-state index contributed by atoms with van der Waals surface area (Å²) < 4.78 is 43.9. The molecule has 1 amide bonds. The summed E-state index contributed by atoms with van der Waals surface area (Å²) in [6.45, 7) is 3.17. The van der Waals surface area contributed by atoms with Crippen LogP contribution < -0.4 is 15.4 Å². The van der Waals surface area contributed by atoms with Crippen molar-refractivity contribution in [2.45, 2.75) is 32.0 Å². The number of rotatable bonds is 6. The molecule has 0 saturated carbocycles. The summed E-state index contributed by atoms with van der Waals surface area (Å²) in [6.07, 6.45) is -2.44. The predicted octanol–water partition coefficient (Wildman–Crippen LogP) is 5.09. The fourth-order valence-electron chi connectivity index (χ4n) is 4.12. The number of hydrogen-bond donors (Lipinski definition) is 1. The minimum atomic E-state index is -4.44. The summed E-state index contributed by atoms with van der Waals surface area (Å²) in [5.74, 6) is -0.383. The third-order valence-electron chi connectivity index (χ3n) is 5.81. The highest BCUT2D eigenvalue weighted by Gasteiger charge is 2.31. The molecule has 1 saturated heterocycles. The topological polar surface area (TPSA) is 68.4 Å². The van der Waals surface area contributed by atoms with Gasteiger partial charge in [-0.2, -0.15) is 13.2 Å². The molecule has 8 heteroatoms. The summed E-state index contributed by atoms with van der Waals surface area (Å²) in [7, 11) is 0. The monoisotopic (exact) mass is 455 g/mol. The average molecular weight is 455 g/mol. The molecule has 1 aliphatic rings. The van der Waals surface area contributed by atoms with Gasteiger partial charge in [-0.15, -0.1) is 0 Å². The minimum absolute atomic E-state index is 0.136. The number of nitrogens with two attached hydrogens (primary N) is 1. The van der Waals surface area contributed by atoms with E-state index in [1.165, 1.54) is 11.6 Å². The van der Waals surface area contributed by atoms with E-state index in [2.05, 4.69) is 18.0 Å². The molecule has 0 unspecified atom stereocenters. The van der Waals surface area contributed by atoms with E-state index in [1.54, 1.807) is 0 Å². The second-order valence-electron chi connectivity index (χ2n) is 7.96. The first-order valence-corrected chi connectivity index (χ1v) is 10.7. The van der Waals surface area contributed by atoms with Crippen molar-refractivity contribution >= 4 is 11.6 Å². The number of benzene rings is 2. The molecular formula is C25H24F3N3O2. The Morgan fingerprint density at radius 2 is 1.97 bits per heavy atom. The first-order chi connectivity index (χ1) is 15.8. The molecule has 2 aromatic carbocycles. The number of ether oxygens (including phenoxy) is 1. The smallest absolute Gasteiger partial charge is 0.417 e. The molecule has 2 N–H and O–H groups in total. The SMILES string of the molecule is CCc1ccccc1-c1ccc(N2CC[C@H](Oc3ccc(C(F)(F)F)cn3)C2)c(C(N)=O)c1. The van der Waals surface area contributed by atoms with Crippen LogP contribution in [0.5, 0.6) is 5.88 Å². The van der Waals surface area contributed by atoms with Gasteiger partial charge in [0.2, 0.25) is 5.88 Å². The lowest BCUT2D eigenvalue weighted by Gasteiger charge is -2.22. The molecule has 5 nitrogen and oxygen atoms in total. The van der Waals surface area contributed by atoms with E-state index < -0.39 is 17.6 Å². The Balaban J connectivity index is 1.52. The van der Waals surface area contributed by atoms with Crippen LogP contribution in [-0.2, 0) is 12.6 Å². The van der Waals surface area contributed by atoms with Crippen LogP contribution in [-0.4, -0.2) is 30.1 Å². The van der Waals surface area contributed by atoms with Crippen LogP contribution in [0, 0.1) is 0 Å². The summed E-state index contributed by atoms with van der Waals surface area (Å²) in [5, 5.41) is 0. The van der Waals surface area contributed by atoms with Gasteiger partial charge in [0.05, 0.1) is 17.7 Å². The summed E-state index contributed by atoms with van der Waals surface area (Å²) in [4.78, 5) is 18.0. The predicted molar refractivity (Wildman–Crippen MR) is 120 cm³/mol. The van der Waals surface area contributed by atoms with Crippen molar-refractivity contribution in [3.05, 3.63) is 77.5 Å². The zero-order valence-electron chi connectivity index (χ0n) is 18.1. The second-order valence-corrected chi connectivity index (χ2v) is 7.96. The molecular weight excluding hydrogens is 431 g/mol. The molecule has 3 aromatic rings. The van der Waals surface area contributed by atoms with Crippen LogP contribution in [0.15, 0.2) is 60.8 Å². The number of nitrogens with zero attached hydrogens (tertiary/aromatic N) is 2. The molecule has 0 aliphatic carbocycles.